The lowest BCUT2D eigenvalue weighted by molar-refractivity contribution is 0.233. The minimum absolute atomic E-state index is 0.0578. The first-order chi connectivity index (χ1) is 9.78. The van der Waals surface area contributed by atoms with Gasteiger partial charge < -0.3 is 0 Å². The Kier molecular flexibility index (Phi) is 4.66. The Bertz CT molecular complexity index is 722. The quantitative estimate of drug-likeness (QED) is 0.788. The number of halogens is 2. The van der Waals surface area contributed by atoms with Gasteiger partial charge in [0.25, 0.3) is 10.1 Å². The SMILES string of the molecule is Cc1ccc(S(=O)(=O)O[C@@H](C)c2cc(F)cc(Cl)c2)cc1. The van der Waals surface area contributed by atoms with Crippen molar-refractivity contribution >= 4 is 21.7 Å². The lowest BCUT2D eigenvalue weighted by Gasteiger charge is -2.14. The van der Waals surface area contributed by atoms with Gasteiger partial charge in [-0.15, -0.1) is 0 Å². The Balaban J connectivity index is 2.25. The van der Waals surface area contributed by atoms with Crippen molar-refractivity contribution < 1.29 is 17.0 Å². The predicted molar refractivity (Wildman–Crippen MR) is 79.3 cm³/mol. The van der Waals surface area contributed by atoms with Gasteiger partial charge in [-0.3, -0.25) is 4.18 Å². The van der Waals surface area contributed by atoms with Crippen LogP contribution in [0.15, 0.2) is 47.4 Å². The number of aryl methyl sites for hydroxylation is 1. The van der Waals surface area contributed by atoms with Crippen molar-refractivity contribution in [2.24, 2.45) is 0 Å². The van der Waals surface area contributed by atoms with E-state index in [2.05, 4.69) is 0 Å². The highest BCUT2D eigenvalue weighted by Gasteiger charge is 2.20. The maximum atomic E-state index is 13.3. The maximum Gasteiger partial charge on any atom is 0.297 e. The summed E-state index contributed by atoms with van der Waals surface area (Å²) in [6, 6.07) is 10.1. The number of benzene rings is 2. The van der Waals surface area contributed by atoms with Crippen LogP contribution in [0.2, 0.25) is 5.02 Å². The van der Waals surface area contributed by atoms with Gasteiger partial charge in [0.05, 0.1) is 11.0 Å². The second-order valence-corrected chi connectivity index (χ2v) is 6.72. The maximum absolute atomic E-state index is 13.3. The Morgan fingerprint density at radius 3 is 2.33 bits per heavy atom. The van der Waals surface area contributed by atoms with Gasteiger partial charge in [-0.2, -0.15) is 8.42 Å². The van der Waals surface area contributed by atoms with Gasteiger partial charge in [-0.05, 0) is 49.7 Å². The normalized spacial score (nSPS) is 13.1. The number of rotatable bonds is 4. The van der Waals surface area contributed by atoms with E-state index in [-0.39, 0.29) is 9.92 Å². The Hall–Kier alpha value is -1.43. The molecule has 0 fully saturated rings. The zero-order valence-electron chi connectivity index (χ0n) is 11.5. The molecule has 112 valence electrons. The third kappa shape index (κ3) is 4.03. The molecule has 0 heterocycles. The second kappa shape index (κ2) is 6.13. The van der Waals surface area contributed by atoms with Crippen LogP contribution in [0.25, 0.3) is 0 Å². The molecule has 0 aromatic heterocycles. The molecule has 0 saturated carbocycles. The molecular weight excluding hydrogens is 315 g/mol. The van der Waals surface area contributed by atoms with Crippen molar-refractivity contribution in [1.82, 2.24) is 0 Å². The minimum atomic E-state index is -3.92. The highest BCUT2D eigenvalue weighted by Crippen LogP contribution is 2.26. The van der Waals surface area contributed by atoms with Crippen LogP contribution in [0.3, 0.4) is 0 Å². The average molecular weight is 329 g/mol. The van der Waals surface area contributed by atoms with Gasteiger partial charge in [0, 0.05) is 5.02 Å². The van der Waals surface area contributed by atoms with Gasteiger partial charge in [-0.25, -0.2) is 4.39 Å². The van der Waals surface area contributed by atoms with Crippen molar-refractivity contribution in [3.63, 3.8) is 0 Å². The summed E-state index contributed by atoms with van der Waals surface area (Å²) in [6.45, 7) is 3.38. The van der Waals surface area contributed by atoms with Crippen molar-refractivity contribution in [3.8, 4) is 0 Å². The molecule has 0 bridgehead atoms. The molecule has 3 nitrogen and oxygen atoms in total. The summed E-state index contributed by atoms with van der Waals surface area (Å²) < 4.78 is 42.7. The van der Waals surface area contributed by atoms with Crippen LogP contribution in [0, 0.1) is 12.7 Å². The monoisotopic (exact) mass is 328 g/mol. The fraction of sp³-hybridized carbons (Fsp3) is 0.200. The zero-order valence-corrected chi connectivity index (χ0v) is 13.1. The van der Waals surface area contributed by atoms with Gasteiger partial charge in [0.15, 0.2) is 0 Å². The Morgan fingerprint density at radius 1 is 1.14 bits per heavy atom. The van der Waals surface area contributed by atoms with Crippen LogP contribution in [-0.4, -0.2) is 8.42 Å². The first-order valence-corrected chi connectivity index (χ1v) is 8.02. The number of hydrogen-bond donors (Lipinski definition) is 0. The molecule has 0 amide bonds. The smallest absolute Gasteiger partial charge is 0.258 e. The van der Waals surface area contributed by atoms with Crippen LogP contribution < -0.4 is 0 Å². The summed E-state index contributed by atoms with van der Waals surface area (Å²) >= 11 is 5.75. The summed E-state index contributed by atoms with van der Waals surface area (Å²) in [5, 5.41) is 0.188. The van der Waals surface area contributed by atoms with E-state index < -0.39 is 22.0 Å². The molecule has 2 aromatic carbocycles. The molecule has 0 aliphatic heterocycles. The van der Waals surface area contributed by atoms with Gasteiger partial charge in [-0.1, -0.05) is 29.3 Å². The molecule has 0 radical (unpaired) electrons. The molecule has 0 unspecified atom stereocenters. The second-order valence-electron chi connectivity index (χ2n) is 4.71. The van der Waals surface area contributed by atoms with E-state index in [1.165, 1.54) is 31.2 Å². The molecule has 2 aromatic rings. The fourth-order valence-electron chi connectivity index (χ4n) is 1.82. The van der Waals surface area contributed by atoms with E-state index in [9.17, 15) is 12.8 Å². The largest absolute Gasteiger partial charge is 0.297 e. The fourth-order valence-corrected chi connectivity index (χ4v) is 3.12. The Labute approximate surface area is 128 Å². The first kappa shape index (κ1) is 15.9. The average Bonchev–Trinajstić information content (AvgIpc) is 2.37. The van der Waals surface area contributed by atoms with E-state index in [1.807, 2.05) is 6.92 Å². The molecule has 6 heteroatoms. The van der Waals surface area contributed by atoms with Crippen molar-refractivity contribution in [2.75, 3.05) is 0 Å². The van der Waals surface area contributed by atoms with Crippen molar-refractivity contribution in [3.05, 3.63) is 64.4 Å². The molecular formula is C15H14ClFO3S. The van der Waals surface area contributed by atoms with Crippen molar-refractivity contribution in [2.45, 2.75) is 24.8 Å². The van der Waals surface area contributed by atoms with Crippen LogP contribution in [0.1, 0.15) is 24.2 Å². The van der Waals surface area contributed by atoms with E-state index in [0.717, 1.165) is 11.6 Å². The molecule has 0 aliphatic carbocycles. The third-order valence-corrected chi connectivity index (χ3v) is 4.54. The highest BCUT2D eigenvalue weighted by molar-refractivity contribution is 7.86. The topological polar surface area (TPSA) is 43.4 Å². The molecule has 1 atom stereocenters. The lowest BCUT2D eigenvalue weighted by Crippen LogP contribution is -2.10. The van der Waals surface area contributed by atoms with E-state index >= 15 is 0 Å². The van der Waals surface area contributed by atoms with Gasteiger partial charge >= 0.3 is 0 Å². The standard InChI is InChI=1S/C15H14ClFO3S/c1-10-3-5-15(6-4-10)21(18,19)20-11(2)12-7-13(16)9-14(17)8-12/h3-9,11H,1-2H3/t11-/m0/s1. The molecule has 2 rings (SSSR count). The van der Waals surface area contributed by atoms with Crippen LogP contribution in [0.4, 0.5) is 4.39 Å². The summed E-state index contributed by atoms with van der Waals surface area (Å²) in [5.74, 6) is -0.541. The number of hydrogen-bond acceptors (Lipinski definition) is 3. The van der Waals surface area contributed by atoms with Gasteiger partial charge in [0.1, 0.15) is 5.82 Å². The summed E-state index contributed by atoms with van der Waals surface area (Å²) in [5.41, 5.74) is 1.30. The van der Waals surface area contributed by atoms with Crippen LogP contribution >= 0.6 is 11.6 Å². The van der Waals surface area contributed by atoms with Crippen LogP contribution in [-0.2, 0) is 14.3 Å². The highest BCUT2D eigenvalue weighted by atomic mass is 35.5. The summed E-state index contributed by atoms with van der Waals surface area (Å²) in [7, 11) is -3.92. The Morgan fingerprint density at radius 2 is 1.76 bits per heavy atom. The molecule has 0 spiro atoms. The summed E-state index contributed by atoms with van der Waals surface area (Å²) in [4.78, 5) is 0.0578. The molecule has 21 heavy (non-hydrogen) atoms. The first-order valence-electron chi connectivity index (χ1n) is 6.24. The van der Waals surface area contributed by atoms with E-state index in [0.29, 0.717) is 5.56 Å². The lowest BCUT2D eigenvalue weighted by atomic mass is 10.1. The molecule has 0 aliphatic rings. The van der Waals surface area contributed by atoms with Gasteiger partial charge in [0.2, 0.25) is 0 Å². The molecule has 0 N–H and O–H groups in total. The molecule has 0 saturated heterocycles. The van der Waals surface area contributed by atoms with E-state index in [4.69, 9.17) is 15.8 Å². The van der Waals surface area contributed by atoms with E-state index in [1.54, 1.807) is 12.1 Å². The van der Waals surface area contributed by atoms with Crippen LogP contribution in [0.5, 0.6) is 0 Å². The zero-order chi connectivity index (χ0) is 15.6. The summed E-state index contributed by atoms with van der Waals surface area (Å²) in [6.07, 6.45) is -0.843. The predicted octanol–water partition coefficient (Wildman–Crippen LogP) is 4.25. The minimum Gasteiger partial charge on any atom is -0.258 e. The third-order valence-electron chi connectivity index (χ3n) is 2.93. The van der Waals surface area contributed by atoms with Crippen molar-refractivity contribution in [1.29, 1.82) is 0 Å².